The van der Waals surface area contributed by atoms with Crippen LogP contribution < -0.4 is 0 Å². The van der Waals surface area contributed by atoms with E-state index in [0.29, 0.717) is 42.0 Å². The molecule has 39 heavy (non-hydrogen) atoms. The molecule has 2 aliphatic heterocycles. The minimum Gasteiger partial charge on any atom is -0.468 e. The first-order valence-corrected chi connectivity index (χ1v) is 12.4. The Balaban J connectivity index is 1.63. The minimum atomic E-state index is -0.987. The second kappa shape index (κ2) is 11.0. The number of carbonyl (C=O) groups is 2. The number of hydrogen-bond donors (Lipinski definition) is 0. The van der Waals surface area contributed by atoms with Gasteiger partial charge in [0, 0.05) is 61.6 Å². The van der Waals surface area contributed by atoms with Gasteiger partial charge < -0.3 is 9.47 Å². The van der Waals surface area contributed by atoms with Crippen molar-refractivity contribution in [2.75, 3.05) is 20.2 Å². The summed E-state index contributed by atoms with van der Waals surface area (Å²) in [5.41, 5.74) is 0.588. The number of halogens is 2. The molecule has 1 saturated heterocycles. The van der Waals surface area contributed by atoms with Crippen LogP contribution in [0.1, 0.15) is 44.2 Å². The molecule has 0 aliphatic carbocycles. The zero-order valence-corrected chi connectivity index (χ0v) is 22.1. The van der Waals surface area contributed by atoms with Crippen molar-refractivity contribution in [3.63, 3.8) is 0 Å². The Morgan fingerprint density at radius 2 is 1.87 bits per heavy atom. The molecule has 0 N–H and O–H groups in total. The fourth-order valence-corrected chi connectivity index (χ4v) is 5.41. The van der Waals surface area contributed by atoms with Gasteiger partial charge in [-0.3, -0.25) is 24.8 Å². The second-order valence-corrected chi connectivity index (χ2v) is 10.2. The Bertz CT molecular complexity index is 1370. The van der Waals surface area contributed by atoms with Crippen molar-refractivity contribution in [2.45, 2.75) is 45.3 Å². The quantitative estimate of drug-likeness (QED) is 0.284. The number of non-ortho nitro benzene ring substituents is 1. The van der Waals surface area contributed by atoms with Crippen LogP contribution >= 0.6 is 0 Å². The zero-order chi connectivity index (χ0) is 28.5. The van der Waals surface area contributed by atoms with Gasteiger partial charge in [0.15, 0.2) is 0 Å². The van der Waals surface area contributed by atoms with Gasteiger partial charge in [-0.15, -0.1) is 0 Å². The maximum absolute atomic E-state index is 13.7. The molecule has 206 valence electrons. The lowest BCUT2D eigenvalue weighted by Gasteiger charge is -2.33. The van der Waals surface area contributed by atoms with Gasteiger partial charge in [-0.25, -0.2) is 13.6 Å². The summed E-state index contributed by atoms with van der Waals surface area (Å²) in [5.74, 6) is -4.57. The van der Waals surface area contributed by atoms with Crippen LogP contribution in [0.2, 0.25) is 0 Å². The maximum atomic E-state index is 13.7. The van der Waals surface area contributed by atoms with Gasteiger partial charge in [-0.05, 0) is 44.0 Å². The first-order chi connectivity index (χ1) is 18.4. The monoisotopic (exact) mass is 541 g/mol. The summed E-state index contributed by atoms with van der Waals surface area (Å²) in [6, 6.07) is 9.10. The third-order valence-electron chi connectivity index (χ3n) is 7.13. The highest BCUT2D eigenvalue weighted by atomic mass is 19.1. The Morgan fingerprint density at radius 3 is 2.51 bits per heavy atom. The summed E-state index contributed by atoms with van der Waals surface area (Å²) in [6.07, 6.45) is 0.465. The number of allylic oxidation sites excluding steroid dienone is 1. The van der Waals surface area contributed by atoms with Crippen LogP contribution in [-0.2, 0) is 25.6 Å². The Hall–Kier alpha value is -3.99. The molecule has 2 heterocycles. The molecule has 2 aliphatic rings. The molecule has 0 spiro atoms. The zero-order valence-electron chi connectivity index (χ0n) is 22.1. The van der Waals surface area contributed by atoms with Crippen molar-refractivity contribution in [3.8, 4) is 0 Å². The van der Waals surface area contributed by atoms with Crippen LogP contribution in [0.15, 0.2) is 58.7 Å². The highest BCUT2D eigenvalue weighted by Gasteiger charge is 2.45. The second-order valence-electron chi connectivity index (χ2n) is 10.2. The molecule has 1 fully saturated rings. The molecule has 0 saturated carbocycles. The molecule has 9 nitrogen and oxygen atoms in total. The topological polar surface area (TPSA) is 111 Å². The van der Waals surface area contributed by atoms with Crippen molar-refractivity contribution in [1.82, 2.24) is 4.90 Å². The van der Waals surface area contributed by atoms with Crippen molar-refractivity contribution in [3.05, 3.63) is 86.6 Å². The fraction of sp³-hybridized carbons (Fsp3) is 0.393. The largest absolute Gasteiger partial charge is 0.468 e. The third kappa shape index (κ3) is 6.03. The number of nitro benzene ring substituents is 1. The van der Waals surface area contributed by atoms with E-state index in [1.807, 2.05) is 4.90 Å². The summed E-state index contributed by atoms with van der Waals surface area (Å²) < 4.78 is 38.3. The Morgan fingerprint density at radius 1 is 1.18 bits per heavy atom. The number of carbonyl (C=O) groups excluding carboxylic acids is 2. The van der Waals surface area contributed by atoms with E-state index in [-0.39, 0.29) is 17.8 Å². The molecule has 0 aromatic heterocycles. The lowest BCUT2D eigenvalue weighted by molar-refractivity contribution is -0.384. The molecule has 2 aromatic carbocycles. The predicted octanol–water partition coefficient (Wildman–Crippen LogP) is 4.70. The molecule has 0 amide bonds. The van der Waals surface area contributed by atoms with Gasteiger partial charge in [0.2, 0.25) is 0 Å². The van der Waals surface area contributed by atoms with Gasteiger partial charge >= 0.3 is 11.9 Å². The smallest absolute Gasteiger partial charge is 0.337 e. The van der Waals surface area contributed by atoms with Crippen LogP contribution in [0.25, 0.3) is 0 Å². The number of nitro groups is 1. The van der Waals surface area contributed by atoms with Gasteiger partial charge in [-0.1, -0.05) is 12.1 Å². The number of esters is 2. The molecule has 0 bridgehead atoms. The van der Waals surface area contributed by atoms with E-state index in [1.54, 1.807) is 26.8 Å². The van der Waals surface area contributed by atoms with Crippen LogP contribution in [0.4, 0.5) is 14.5 Å². The third-order valence-corrected chi connectivity index (χ3v) is 7.13. The SMILES string of the molecule is COC(=O)C1C(C)=NC(C)=C(C(=O)O[C@@]2(C)CCN(Cc3cc(F)cc(F)c3)C2)[C@H]1c1cccc([N+](=O)[O-])c1. The Labute approximate surface area is 224 Å². The standard InChI is InChI=1S/C28H29F2N3O6/c1-16-23(26(34)38-4)25(19-6-5-7-22(12-19)33(36)37)24(17(2)31-16)27(35)39-28(3)8-9-32(15-28)14-18-10-20(29)13-21(30)11-18/h5-7,10-13,23,25H,8-9,14-15H2,1-4H3/t23?,25-,28-/m0/s1. The number of hydrogen-bond acceptors (Lipinski definition) is 8. The van der Waals surface area contributed by atoms with Crippen molar-refractivity contribution < 1.29 is 32.8 Å². The lowest BCUT2D eigenvalue weighted by atomic mass is 9.75. The first-order valence-electron chi connectivity index (χ1n) is 12.4. The van der Waals surface area contributed by atoms with Crippen molar-refractivity contribution >= 4 is 23.3 Å². The normalized spacial score (nSPS) is 23.4. The number of benzene rings is 2. The number of likely N-dealkylation sites (tertiary alicyclic amines) is 1. The van der Waals surface area contributed by atoms with E-state index in [4.69, 9.17) is 9.47 Å². The number of nitrogens with zero attached hydrogens (tertiary/aromatic N) is 3. The summed E-state index contributed by atoms with van der Waals surface area (Å²) in [7, 11) is 1.22. The highest BCUT2D eigenvalue weighted by molar-refractivity contribution is 6.07. The highest BCUT2D eigenvalue weighted by Crippen LogP contribution is 2.42. The summed E-state index contributed by atoms with van der Waals surface area (Å²) >= 11 is 0. The van der Waals surface area contributed by atoms with E-state index in [9.17, 15) is 28.5 Å². The fourth-order valence-electron chi connectivity index (χ4n) is 5.41. The summed E-state index contributed by atoms with van der Waals surface area (Å²) in [6.45, 7) is 6.14. The van der Waals surface area contributed by atoms with Gasteiger partial charge in [0.1, 0.15) is 23.2 Å². The average Bonchev–Trinajstić information content (AvgIpc) is 3.21. The van der Waals surface area contributed by atoms with Crippen molar-refractivity contribution in [2.24, 2.45) is 10.9 Å². The Kier molecular flexibility index (Phi) is 7.91. The first kappa shape index (κ1) is 28.0. The van der Waals surface area contributed by atoms with Gasteiger partial charge in [-0.2, -0.15) is 0 Å². The van der Waals surface area contributed by atoms with Gasteiger partial charge in [0.25, 0.3) is 5.69 Å². The molecule has 4 rings (SSSR count). The summed E-state index contributed by atoms with van der Waals surface area (Å²) in [4.78, 5) is 43.9. The number of methoxy groups -OCH3 is 1. The molecule has 2 aromatic rings. The number of aliphatic imine (C=N–C) groups is 1. The van der Waals surface area contributed by atoms with E-state index in [1.165, 1.54) is 37.4 Å². The molecular formula is C28H29F2N3O6. The van der Waals surface area contributed by atoms with Gasteiger partial charge in [0.05, 0.1) is 17.6 Å². The van der Waals surface area contributed by atoms with Crippen molar-refractivity contribution in [1.29, 1.82) is 0 Å². The van der Waals surface area contributed by atoms with Crippen LogP contribution in [0, 0.1) is 27.7 Å². The van der Waals surface area contributed by atoms with Crippen LogP contribution in [0.3, 0.4) is 0 Å². The average molecular weight is 542 g/mol. The number of rotatable bonds is 7. The molecule has 1 unspecified atom stereocenters. The predicted molar refractivity (Wildman–Crippen MR) is 138 cm³/mol. The lowest BCUT2D eigenvalue weighted by Crippen LogP contribution is -2.40. The number of ether oxygens (including phenoxy) is 2. The van der Waals surface area contributed by atoms with E-state index >= 15 is 0 Å². The van der Waals surface area contributed by atoms with E-state index in [2.05, 4.69) is 4.99 Å². The van der Waals surface area contributed by atoms with Crippen LogP contribution in [-0.4, -0.2) is 53.3 Å². The molecule has 3 atom stereocenters. The molecule has 11 heteroatoms. The molecule has 0 radical (unpaired) electrons. The van der Waals surface area contributed by atoms with Crippen LogP contribution in [0.5, 0.6) is 0 Å². The summed E-state index contributed by atoms with van der Waals surface area (Å²) in [5, 5.41) is 11.5. The maximum Gasteiger partial charge on any atom is 0.337 e. The molecular weight excluding hydrogens is 512 g/mol. The minimum absolute atomic E-state index is 0.114. The van der Waals surface area contributed by atoms with E-state index < -0.39 is 45.9 Å². The van der Waals surface area contributed by atoms with E-state index in [0.717, 1.165) is 6.07 Å².